The summed E-state index contributed by atoms with van der Waals surface area (Å²) < 4.78 is 2.07. The number of nitrogens with zero attached hydrogens (tertiary/aromatic N) is 3. The van der Waals surface area contributed by atoms with E-state index in [0.29, 0.717) is 26.1 Å². The number of pyridine rings is 1. The zero-order valence-corrected chi connectivity index (χ0v) is 16.1. The highest BCUT2D eigenvalue weighted by atomic mass is 16.2. The number of aryl methyl sites for hydroxylation is 1. The molecule has 0 unspecified atom stereocenters. The fraction of sp³-hybridized carbons (Fsp3) is 0.550. The molecular weight excluding hydrogens is 342 g/mol. The van der Waals surface area contributed by atoms with E-state index in [4.69, 9.17) is 5.73 Å². The smallest absolute Gasteiger partial charge is 0.237 e. The summed E-state index contributed by atoms with van der Waals surface area (Å²) in [6.45, 7) is 5.88. The maximum Gasteiger partial charge on any atom is 0.237 e. The first kappa shape index (κ1) is 19.4. The van der Waals surface area contributed by atoms with E-state index in [-0.39, 0.29) is 23.8 Å². The highest BCUT2D eigenvalue weighted by molar-refractivity contribution is 5.82. The summed E-state index contributed by atoms with van der Waals surface area (Å²) in [5.74, 6) is 0.180. The van der Waals surface area contributed by atoms with Crippen LogP contribution in [0.25, 0.3) is 10.9 Å². The minimum Gasteiger partial charge on any atom is -0.352 e. The average molecular weight is 371 g/mol. The molecule has 0 saturated carbocycles. The van der Waals surface area contributed by atoms with Crippen LogP contribution < -0.4 is 11.1 Å². The van der Waals surface area contributed by atoms with Crippen LogP contribution in [0.1, 0.15) is 33.1 Å². The molecule has 1 aliphatic heterocycles. The molecule has 0 bridgehead atoms. The van der Waals surface area contributed by atoms with Gasteiger partial charge in [0.2, 0.25) is 11.8 Å². The molecule has 0 radical (unpaired) electrons. The molecule has 3 rings (SSSR count). The van der Waals surface area contributed by atoms with Crippen molar-refractivity contribution in [2.45, 2.75) is 51.7 Å². The van der Waals surface area contributed by atoms with Crippen LogP contribution in [-0.4, -0.2) is 51.4 Å². The van der Waals surface area contributed by atoms with Crippen molar-refractivity contribution in [2.24, 2.45) is 11.7 Å². The lowest BCUT2D eigenvalue weighted by atomic mass is 10.0. The molecule has 1 fully saturated rings. The third kappa shape index (κ3) is 4.66. The van der Waals surface area contributed by atoms with Gasteiger partial charge in [0.1, 0.15) is 0 Å². The molecule has 7 nitrogen and oxygen atoms in total. The maximum atomic E-state index is 12.5. The number of rotatable bonds is 6. The lowest BCUT2D eigenvalue weighted by Gasteiger charge is -2.33. The first-order chi connectivity index (χ1) is 13.0. The van der Waals surface area contributed by atoms with E-state index in [1.807, 2.05) is 43.3 Å². The number of aromatic nitrogens is 2. The zero-order chi connectivity index (χ0) is 19.4. The number of nitrogens with one attached hydrogen (secondary N) is 1. The molecule has 0 spiro atoms. The van der Waals surface area contributed by atoms with Gasteiger partial charge in [-0.1, -0.05) is 13.8 Å². The van der Waals surface area contributed by atoms with Gasteiger partial charge >= 0.3 is 0 Å². The van der Waals surface area contributed by atoms with Gasteiger partial charge in [0.05, 0.1) is 17.8 Å². The highest BCUT2D eigenvalue weighted by Gasteiger charge is 2.26. The number of fused-ring (bicyclic) bond motifs is 1. The van der Waals surface area contributed by atoms with Crippen LogP contribution in [0.5, 0.6) is 0 Å². The fourth-order valence-electron chi connectivity index (χ4n) is 3.47. The van der Waals surface area contributed by atoms with Crippen molar-refractivity contribution in [3.8, 4) is 0 Å². The van der Waals surface area contributed by atoms with Gasteiger partial charge in [-0.25, -0.2) is 0 Å². The van der Waals surface area contributed by atoms with Crippen molar-refractivity contribution in [1.82, 2.24) is 19.8 Å². The molecule has 3 heterocycles. The molecule has 0 aliphatic carbocycles. The van der Waals surface area contributed by atoms with E-state index >= 15 is 0 Å². The predicted molar refractivity (Wildman–Crippen MR) is 105 cm³/mol. The van der Waals surface area contributed by atoms with Gasteiger partial charge in [-0.15, -0.1) is 0 Å². The third-order valence-electron chi connectivity index (χ3n) is 5.36. The van der Waals surface area contributed by atoms with E-state index in [1.165, 1.54) is 0 Å². The van der Waals surface area contributed by atoms with Gasteiger partial charge in [0.25, 0.3) is 0 Å². The van der Waals surface area contributed by atoms with E-state index in [2.05, 4.69) is 14.9 Å². The summed E-state index contributed by atoms with van der Waals surface area (Å²) in [5.41, 5.74) is 6.94. The number of hydrogen-bond acceptors (Lipinski definition) is 4. The minimum atomic E-state index is -0.476. The van der Waals surface area contributed by atoms with Crippen molar-refractivity contribution in [3.63, 3.8) is 0 Å². The number of piperidine rings is 1. The van der Waals surface area contributed by atoms with Gasteiger partial charge in [-0.05, 0) is 30.9 Å². The Balaban J connectivity index is 1.45. The van der Waals surface area contributed by atoms with Gasteiger partial charge < -0.3 is 20.5 Å². The molecule has 1 saturated heterocycles. The Hall–Kier alpha value is -2.41. The summed E-state index contributed by atoms with van der Waals surface area (Å²) in [7, 11) is 0. The monoisotopic (exact) mass is 371 g/mol. The Bertz CT molecular complexity index is 793. The number of likely N-dealkylation sites (tertiary alicyclic amines) is 1. The van der Waals surface area contributed by atoms with Crippen molar-refractivity contribution in [1.29, 1.82) is 0 Å². The largest absolute Gasteiger partial charge is 0.352 e. The summed E-state index contributed by atoms with van der Waals surface area (Å²) in [6, 6.07) is 3.64. The van der Waals surface area contributed by atoms with Crippen LogP contribution in [0.4, 0.5) is 0 Å². The standard InChI is InChI=1S/C20H29N5O2/c1-14(2)19(21)20(27)23-16-5-10-25(11-6-16)18(26)7-12-24-9-4-15-3-8-22-13-17(15)24/h3-4,8-9,13-14,16,19H,5-7,10-12,21H2,1-2H3,(H,23,27)/t19-/m0/s1. The van der Waals surface area contributed by atoms with Gasteiger partial charge in [-0.2, -0.15) is 0 Å². The molecule has 1 aliphatic rings. The molecular formula is C20H29N5O2. The van der Waals surface area contributed by atoms with E-state index in [0.717, 1.165) is 23.7 Å². The van der Waals surface area contributed by atoms with E-state index in [1.54, 1.807) is 6.20 Å². The lowest BCUT2D eigenvalue weighted by Crippen LogP contribution is -2.51. The van der Waals surface area contributed by atoms with Crippen LogP contribution in [0.15, 0.2) is 30.7 Å². The normalized spacial score (nSPS) is 16.7. The van der Waals surface area contributed by atoms with Crippen LogP contribution in [0, 0.1) is 5.92 Å². The number of hydrogen-bond donors (Lipinski definition) is 2. The SMILES string of the molecule is CC(C)[C@H](N)C(=O)NC1CCN(C(=O)CCn2ccc3ccncc32)CC1. The minimum absolute atomic E-state index is 0.0946. The predicted octanol–water partition coefficient (Wildman–Crippen LogP) is 1.52. The summed E-state index contributed by atoms with van der Waals surface area (Å²) >= 11 is 0. The number of carbonyl (C=O) groups excluding carboxylic acids is 2. The van der Waals surface area contributed by atoms with Crippen molar-refractivity contribution < 1.29 is 9.59 Å². The first-order valence-electron chi connectivity index (χ1n) is 9.68. The molecule has 27 heavy (non-hydrogen) atoms. The van der Waals surface area contributed by atoms with E-state index < -0.39 is 6.04 Å². The Kier molecular flexibility index (Phi) is 6.11. The summed E-state index contributed by atoms with van der Waals surface area (Å²) in [4.78, 5) is 30.7. The fourth-order valence-corrected chi connectivity index (χ4v) is 3.47. The van der Waals surface area contributed by atoms with Crippen molar-refractivity contribution in [2.75, 3.05) is 13.1 Å². The quantitative estimate of drug-likeness (QED) is 0.805. The van der Waals surface area contributed by atoms with E-state index in [9.17, 15) is 9.59 Å². The van der Waals surface area contributed by atoms with Gasteiger partial charge in [0.15, 0.2) is 0 Å². The average Bonchev–Trinajstić information content (AvgIpc) is 3.09. The molecule has 1 atom stereocenters. The Morgan fingerprint density at radius 3 is 2.74 bits per heavy atom. The number of amides is 2. The number of nitrogens with two attached hydrogens (primary N) is 1. The van der Waals surface area contributed by atoms with Crippen LogP contribution >= 0.6 is 0 Å². The molecule has 7 heteroatoms. The Morgan fingerprint density at radius 1 is 1.30 bits per heavy atom. The first-order valence-corrected chi connectivity index (χ1v) is 9.68. The highest BCUT2D eigenvalue weighted by Crippen LogP contribution is 2.16. The summed E-state index contributed by atoms with van der Waals surface area (Å²) in [6.07, 6.45) is 7.62. The Labute approximate surface area is 159 Å². The van der Waals surface area contributed by atoms with Crippen LogP contribution in [0.3, 0.4) is 0 Å². The van der Waals surface area contributed by atoms with Crippen LogP contribution in [0.2, 0.25) is 0 Å². The topological polar surface area (TPSA) is 93.3 Å². The van der Waals surface area contributed by atoms with Crippen LogP contribution in [-0.2, 0) is 16.1 Å². The number of carbonyl (C=O) groups is 2. The van der Waals surface area contributed by atoms with Crippen molar-refractivity contribution in [3.05, 3.63) is 30.7 Å². The molecule has 146 valence electrons. The molecule has 3 N–H and O–H groups in total. The Morgan fingerprint density at radius 2 is 2.04 bits per heavy atom. The van der Waals surface area contributed by atoms with Crippen molar-refractivity contribution >= 4 is 22.7 Å². The van der Waals surface area contributed by atoms with Gasteiger partial charge in [0, 0.05) is 49.9 Å². The second-order valence-corrected chi connectivity index (χ2v) is 7.63. The molecule has 2 aromatic rings. The summed E-state index contributed by atoms with van der Waals surface area (Å²) in [5, 5.41) is 4.15. The second-order valence-electron chi connectivity index (χ2n) is 7.63. The van der Waals surface area contributed by atoms with Gasteiger partial charge in [-0.3, -0.25) is 14.6 Å². The lowest BCUT2D eigenvalue weighted by molar-refractivity contribution is -0.132. The molecule has 2 amide bonds. The molecule has 2 aromatic heterocycles. The zero-order valence-electron chi connectivity index (χ0n) is 16.1. The maximum absolute atomic E-state index is 12.5. The second kappa shape index (κ2) is 8.52. The molecule has 0 aromatic carbocycles. The third-order valence-corrected chi connectivity index (χ3v) is 5.36.